The van der Waals surface area contributed by atoms with E-state index in [2.05, 4.69) is 31.1 Å². The van der Waals surface area contributed by atoms with Gasteiger partial charge in [-0.1, -0.05) is 14.8 Å². The van der Waals surface area contributed by atoms with Gasteiger partial charge in [-0.2, -0.15) is 5.21 Å². The summed E-state index contributed by atoms with van der Waals surface area (Å²) in [5.74, 6) is 0.380. The SMILES string of the molecule is n1nc2nn[nH]n2n1. The Morgan fingerprint density at radius 2 is 2.38 bits per heavy atom. The number of nitrogens with one attached hydrogen (secondary N) is 1. The van der Waals surface area contributed by atoms with Gasteiger partial charge in [-0.3, -0.25) is 0 Å². The van der Waals surface area contributed by atoms with E-state index in [9.17, 15) is 0 Å². The summed E-state index contributed by atoms with van der Waals surface area (Å²) in [6.07, 6.45) is 0. The molecule has 2 rings (SSSR count). The molecule has 0 atom stereocenters. The molecule has 0 spiro atoms. The zero-order valence-electron chi connectivity index (χ0n) is 3.68. The summed E-state index contributed by atoms with van der Waals surface area (Å²) < 4.78 is 1.26. The normalized spacial score (nSPS) is 10.5. The van der Waals surface area contributed by atoms with Gasteiger partial charge >= 0.3 is 5.78 Å². The highest BCUT2D eigenvalue weighted by atomic mass is 15.7. The molecule has 7 nitrogen and oxygen atoms in total. The lowest BCUT2D eigenvalue weighted by Crippen LogP contribution is -1.85. The smallest absolute Gasteiger partial charge is 0.174 e. The van der Waals surface area contributed by atoms with Crippen LogP contribution in [0.4, 0.5) is 0 Å². The first-order valence-electron chi connectivity index (χ1n) is 1.92. The first-order valence-corrected chi connectivity index (χ1v) is 1.92. The van der Waals surface area contributed by atoms with Gasteiger partial charge < -0.3 is 0 Å². The zero-order valence-corrected chi connectivity index (χ0v) is 3.68. The first kappa shape index (κ1) is 3.47. The monoisotopic (exact) mass is 111 g/mol. The van der Waals surface area contributed by atoms with E-state index in [1.54, 1.807) is 0 Å². The van der Waals surface area contributed by atoms with E-state index in [0.717, 1.165) is 0 Å². The fraction of sp³-hybridized carbons (Fsp3) is 0. The summed E-state index contributed by atoms with van der Waals surface area (Å²) in [4.78, 5) is 0. The Balaban J connectivity index is 3.06. The summed E-state index contributed by atoms with van der Waals surface area (Å²) >= 11 is 0. The van der Waals surface area contributed by atoms with E-state index >= 15 is 0 Å². The quantitative estimate of drug-likeness (QED) is 0.435. The largest absolute Gasteiger partial charge is 0.310 e. The Hall–Kier alpha value is -1.53. The average molecular weight is 111 g/mol. The summed E-state index contributed by atoms with van der Waals surface area (Å²) in [5, 5.41) is 19.5. The van der Waals surface area contributed by atoms with Crippen molar-refractivity contribution in [2.45, 2.75) is 0 Å². The fourth-order valence-electron chi connectivity index (χ4n) is 0.419. The number of nitrogens with zero attached hydrogens (tertiary/aromatic N) is 6. The van der Waals surface area contributed by atoms with Crippen LogP contribution in [0.3, 0.4) is 0 Å². The predicted molar refractivity (Wildman–Crippen MR) is 20.7 cm³/mol. The van der Waals surface area contributed by atoms with Crippen LogP contribution in [0.15, 0.2) is 0 Å². The molecule has 0 radical (unpaired) electrons. The summed E-state index contributed by atoms with van der Waals surface area (Å²) in [6.45, 7) is 0. The van der Waals surface area contributed by atoms with Crippen molar-refractivity contribution in [1.82, 2.24) is 35.7 Å². The van der Waals surface area contributed by atoms with E-state index in [1.807, 2.05) is 0 Å². The maximum Gasteiger partial charge on any atom is 0.310 e. The van der Waals surface area contributed by atoms with E-state index < -0.39 is 0 Å². The molecule has 0 bridgehead atoms. The first-order chi connectivity index (χ1) is 3.97. The minimum atomic E-state index is 0.380. The molecule has 0 aliphatic heterocycles. The molecule has 40 valence electrons. The number of aromatic nitrogens is 7. The van der Waals surface area contributed by atoms with E-state index in [-0.39, 0.29) is 0 Å². The molecule has 0 aliphatic rings. The van der Waals surface area contributed by atoms with Crippen molar-refractivity contribution in [3.05, 3.63) is 0 Å². The maximum absolute atomic E-state index is 3.50. The van der Waals surface area contributed by atoms with Gasteiger partial charge in [-0.25, -0.2) is 0 Å². The van der Waals surface area contributed by atoms with Gasteiger partial charge in [-0.15, -0.1) is 0 Å². The third-order valence-electron chi connectivity index (χ3n) is 0.732. The van der Waals surface area contributed by atoms with Crippen molar-refractivity contribution < 1.29 is 0 Å². The number of hydrogen-bond donors (Lipinski definition) is 1. The van der Waals surface area contributed by atoms with Crippen LogP contribution in [-0.4, -0.2) is 35.7 Å². The van der Waals surface area contributed by atoms with Gasteiger partial charge in [0.1, 0.15) is 0 Å². The number of tetrazole rings is 2. The summed E-state index contributed by atoms with van der Waals surface area (Å²) in [7, 11) is 0. The van der Waals surface area contributed by atoms with Crippen LogP contribution < -0.4 is 0 Å². The van der Waals surface area contributed by atoms with E-state index in [4.69, 9.17) is 0 Å². The fourth-order valence-corrected chi connectivity index (χ4v) is 0.419. The van der Waals surface area contributed by atoms with Crippen LogP contribution in [0.2, 0.25) is 0 Å². The molecule has 0 amide bonds. The van der Waals surface area contributed by atoms with Gasteiger partial charge in [0.15, 0.2) is 0 Å². The van der Waals surface area contributed by atoms with Gasteiger partial charge in [-0.05, 0) is 15.6 Å². The molecule has 2 aromatic heterocycles. The molecule has 7 heteroatoms. The zero-order chi connectivity index (χ0) is 5.40. The number of aromatic amines is 1. The maximum atomic E-state index is 3.50. The molecular weight excluding hydrogens is 110 g/mol. The molecule has 0 saturated carbocycles. The van der Waals surface area contributed by atoms with Crippen LogP contribution in [0.25, 0.3) is 5.78 Å². The molecule has 0 aliphatic carbocycles. The molecule has 0 aromatic carbocycles. The molecule has 8 heavy (non-hydrogen) atoms. The number of fused-ring (bicyclic) bond motifs is 1. The Morgan fingerprint density at radius 1 is 1.38 bits per heavy atom. The summed E-state index contributed by atoms with van der Waals surface area (Å²) in [6, 6.07) is 0. The van der Waals surface area contributed by atoms with E-state index in [1.165, 1.54) is 4.63 Å². The minimum Gasteiger partial charge on any atom is -0.174 e. The Bertz CT molecular complexity index is 226. The lowest BCUT2D eigenvalue weighted by atomic mass is 11.2. The van der Waals surface area contributed by atoms with Crippen molar-refractivity contribution in [2.75, 3.05) is 0 Å². The highest BCUT2D eigenvalue weighted by molar-refractivity contribution is 5.14. The lowest BCUT2D eigenvalue weighted by molar-refractivity contribution is 0.689. The second-order valence-electron chi connectivity index (χ2n) is 1.19. The highest BCUT2D eigenvalue weighted by Crippen LogP contribution is 1.77. The Labute approximate surface area is 42.7 Å². The molecule has 0 unspecified atom stereocenters. The molecule has 0 fully saturated rings. The van der Waals surface area contributed by atoms with Crippen LogP contribution in [-0.2, 0) is 0 Å². The standard InChI is InChI=1S/CHN7/c2-1-3-5-7-8(1)6-4-2/h(H,2,3,6,7). The topological polar surface area (TPSA) is 84.6 Å². The lowest BCUT2D eigenvalue weighted by Gasteiger charge is -1.64. The van der Waals surface area contributed by atoms with Gasteiger partial charge in [0.2, 0.25) is 0 Å². The average Bonchev–Trinajstić information content (AvgIpc) is 2.15. The van der Waals surface area contributed by atoms with Gasteiger partial charge in [0, 0.05) is 0 Å². The van der Waals surface area contributed by atoms with Gasteiger partial charge in [0.05, 0.1) is 0 Å². The van der Waals surface area contributed by atoms with Crippen molar-refractivity contribution in [3.63, 3.8) is 0 Å². The predicted octanol–water partition coefficient (Wildman–Crippen LogP) is -1.76. The molecule has 0 saturated heterocycles. The van der Waals surface area contributed by atoms with Crippen LogP contribution in [0.1, 0.15) is 0 Å². The van der Waals surface area contributed by atoms with Crippen molar-refractivity contribution in [2.24, 2.45) is 0 Å². The molecule has 2 aromatic rings. The van der Waals surface area contributed by atoms with Crippen LogP contribution >= 0.6 is 0 Å². The van der Waals surface area contributed by atoms with Crippen molar-refractivity contribution in [3.8, 4) is 0 Å². The minimum absolute atomic E-state index is 0.380. The Morgan fingerprint density at radius 3 is 3.25 bits per heavy atom. The highest BCUT2D eigenvalue weighted by Gasteiger charge is 1.94. The summed E-state index contributed by atoms with van der Waals surface area (Å²) in [5.41, 5.74) is 0. The van der Waals surface area contributed by atoms with E-state index in [0.29, 0.717) is 5.78 Å². The number of rotatable bonds is 0. The molecular formula is CHN7. The van der Waals surface area contributed by atoms with Crippen molar-refractivity contribution >= 4 is 5.78 Å². The number of H-pyrrole nitrogens is 1. The van der Waals surface area contributed by atoms with Crippen molar-refractivity contribution in [1.29, 1.82) is 0 Å². The third-order valence-corrected chi connectivity index (χ3v) is 0.732. The second kappa shape index (κ2) is 0.997. The molecule has 2 heterocycles. The van der Waals surface area contributed by atoms with Gasteiger partial charge in [0.25, 0.3) is 0 Å². The number of hydrogen-bond acceptors (Lipinski definition) is 5. The van der Waals surface area contributed by atoms with Crippen LogP contribution in [0, 0.1) is 0 Å². The molecule has 1 N–H and O–H groups in total. The second-order valence-corrected chi connectivity index (χ2v) is 1.19. The third kappa shape index (κ3) is 0.257. The Kier molecular flexibility index (Phi) is 0.432. The van der Waals surface area contributed by atoms with Crippen LogP contribution in [0.5, 0.6) is 0 Å².